The SMILES string of the molecule is Cc1ccc(NC(=O)N(c2ccccc2C(C)C)C2CCC(C(F)F)CC2)c(OC(F)F)n1. The zero-order valence-electron chi connectivity index (χ0n) is 18.9. The number of rotatable bonds is 7. The van der Waals surface area contributed by atoms with Gasteiger partial charge in [0.15, 0.2) is 0 Å². The number of hydrogen-bond donors (Lipinski definition) is 1. The van der Waals surface area contributed by atoms with Crippen molar-refractivity contribution in [1.82, 2.24) is 4.98 Å². The predicted molar refractivity (Wildman–Crippen MR) is 119 cm³/mol. The van der Waals surface area contributed by atoms with E-state index in [1.54, 1.807) is 17.9 Å². The summed E-state index contributed by atoms with van der Waals surface area (Å²) in [6.45, 7) is 2.52. The lowest BCUT2D eigenvalue weighted by Gasteiger charge is -2.38. The van der Waals surface area contributed by atoms with Crippen LogP contribution in [-0.2, 0) is 0 Å². The van der Waals surface area contributed by atoms with Gasteiger partial charge in [0.05, 0.1) is 0 Å². The average Bonchev–Trinajstić information content (AvgIpc) is 2.76. The van der Waals surface area contributed by atoms with Crippen LogP contribution in [0, 0.1) is 12.8 Å². The highest BCUT2D eigenvalue weighted by Gasteiger charge is 2.34. The summed E-state index contributed by atoms with van der Waals surface area (Å²) in [7, 11) is 0. The van der Waals surface area contributed by atoms with Crippen molar-refractivity contribution in [2.75, 3.05) is 10.2 Å². The Bertz CT molecular complexity index is 947. The van der Waals surface area contributed by atoms with Gasteiger partial charge in [0.1, 0.15) is 5.69 Å². The Morgan fingerprint density at radius 1 is 1.06 bits per heavy atom. The number of hydrogen-bond acceptors (Lipinski definition) is 3. The number of anilines is 2. The van der Waals surface area contributed by atoms with E-state index in [1.807, 2.05) is 38.1 Å². The van der Waals surface area contributed by atoms with E-state index in [9.17, 15) is 22.4 Å². The number of aryl methyl sites for hydroxylation is 1. The molecule has 0 bridgehead atoms. The van der Waals surface area contributed by atoms with Gasteiger partial charge < -0.3 is 10.1 Å². The van der Waals surface area contributed by atoms with Gasteiger partial charge in [-0.05, 0) is 62.3 Å². The molecule has 3 rings (SSSR count). The summed E-state index contributed by atoms with van der Waals surface area (Å²) in [4.78, 5) is 19.1. The number of para-hydroxylation sites is 1. The molecule has 9 heteroatoms. The summed E-state index contributed by atoms with van der Waals surface area (Å²) in [5, 5.41) is 2.66. The second kappa shape index (κ2) is 10.9. The van der Waals surface area contributed by atoms with Crippen molar-refractivity contribution >= 4 is 17.4 Å². The van der Waals surface area contributed by atoms with Gasteiger partial charge in [0.25, 0.3) is 0 Å². The summed E-state index contributed by atoms with van der Waals surface area (Å²) in [5.41, 5.74) is 2.06. The first-order valence-corrected chi connectivity index (χ1v) is 11.1. The molecule has 1 N–H and O–H groups in total. The fraction of sp³-hybridized carbons (Fsp3) is 0.500. The molecule has 1 aliphatic rings. The summed E-state index contributed by atoms with van der Waals surface area (Å²) >= 11 is 0. The van der Waals surface area contributed by atoms with Gasteiger partial charge in [-0.2, -0.15) is 8.78 Å². The Morgan fingerprint density at radius 3 is 2.33 bits per heavy atom. The number of carbonyl (C=O) groups excluding carboxylic acids is 1. The number of carbonyl (C=O) groups is 1. The molecule has 0 spiro atoms. The molecule has 2 aromatic rings. The Balaban J connectivity index is 1.95. The minimum atomic E-state index is -3.10. The van der Waals surface area contributed by atoms with E-state index >= 15 is 0 Å². The standard InChI is InChI=1S/C24H29F4N3O2/c1-14(2)18-6-4-5-7-20(18)31(17-11-9-16(10-12-17)21(25)26)24(32)30-19-13-8-15(3)29-22(19)33-23(27)28/h4-8,13-14,16-17,21,23H,9-12H2,1-3H3,(H,30,32). The maximum absolute atomic E-state index is 13.5. The number of pyridine rings is 1. The normalized spacial score (nSPS) is 18.6. The van der Waals surface area contributed by atoms with Gasteiger partial charge in [0, 0.05) is 23.3 Å². The Hall–Kier alpha value is -2.84. The Kier molecular flexibility index (Phi) is 8.15. The number of benzene rings is 1. The first-order chi connectivity index (χ1) is 15.7. The molecule has 1 aliphatic carbocycles. The molecule has 0 aliphatic heterocycles. The number of nitrogens with one attached hydrogen (secondary N) is 1. The van der Waals surface area contributed by atoms with Crippen molar-refractivity contribution in [3.05, 3.63) is 47.7 Å². The summed E-state index contributed by atoms with van der Waals surface area (Å²) in [6.07, 6.45) is -0.935. The highest BCUT2D eigenvalue weighted by molar-refractivity contribution is 6.03. The lowest BCUT2D eigenvalue weighted by Crippen LogP contribution is -2.46. The number of halogens is 4. The zero-order chi connectivity index (χ0) is 24.1. The fourth-order valence-corrected chi connectivity index (χ4v) is 4.26. The third-order valence-electron chi connectivity index (χ3n) is 5.94. The van der Waals surface area contributed by atoms with Gasteiger partial charge in [-0.15, -0.1) is 0 Å². The van der Waals surface area contributed by atoms with E-state index in [-0.39, 0.29) is 23.5 Å². The molecular formula is C24H29F4N3O2. The highest BCUT2D eigenvalue weighted by atomic mass is 19.3. The van der Waals surface area contributed by atoms with E-state index in [4.69, 9.17) is 0 Å². The first kappa shape index (κ1) is 24.8. The van der Waals surface area contributed by atoms with E-state index in [1.165, 1.54) is 6.07 Å². The maximum Gasteiger partial charge on any atom is 0.388 e. The minimum Gasteiger partial charge on any atom is -0.415 e. The van der Waals surface area contributed by atoms with Gasteiger partial charge >= 0.3 is 12.6 Å². The van der Waals surface area contributed by atoms with E-state index in [2.05, 4.69) is 15.0 Å². The second-order valence-electron chi connectivity index (χ2n) is 8.60. The Labute approximate surface area is 191 Å². The van der Waals surface area contributed by atoms with Crippen molar-refractivity contribution in [3.8, 4) is 5.88 Å². The van der Waals surface area contributed by atoms with E-state index in [0.29, 0.717) is 37.1 Å². The number of aromatic nitrogens is 1. The molecule has 1 saturated carbocycles. The minimum absolute atomic E-state index is 0.0131. The zero-order valence-corrected chi connectivity index (χ0v) is 18.9. The summed E-state index contributed by atoms with van der Waals surface area (Å²) in [5.74, 6) is -0.955. The molecule has 5 nitrogen and oxygen atoms in total. The number of amides is 2. The first-order valence-electron chi connectivity index (χ1n) is 11.1. The van der Waals surface area contributed by atoms with Crippen LogP contribution in [0.4, 0.5) is 33.7 Å². The van der Waals surface area contributed by atoms with Crippen LogP contribution >= 0.6 is 0 Å². The van der Waals surface area contributed by atoms with Gasteiger partial charge in [-0.25, -0.2) is 18.6 Å². The number of alkyl halides is 4. The molecule has 0 unspecified atom stereocenters. The quantitative estimate of drug-likeness (QED) is 0.447. The molecule has 1 fully saturated rings. The maximum atomic E-state index is 13.5. The molecule has 0 atom stereocenters. The van der Waals surface area contributed by atoms with Crippen LogP contribution in [0.5, 0.6) is 5.88 Å². The number of urea groups is 1. The molecule has 1 heterocycles. The molecule has 33 heavy (non-hydrogen) atoms. The second-order valence-corrected chi connectivity index (χ2v) is 8.60. The topological polar surface area (TPSA) is 54.5 Å². The predicted octanol–water partition coefficient (Wildman–Crippen LogP) is 6.98. The number of nitrogens with zero attached hydrogens (tertiary/aromatic N) is 2. The van der Waals surface area contributed by atoms with Crippen LogP contribution in [0.1, 0.15) is 56.7 Å². The van der Waals surface area contributed by atoms with Gasteiger partial charge in [-0.3, -0.25) is 4.90 Å². The van der Waals surface area contributed by atoms with Crippen LogP contribution in [0.3, 0.4) is 0 Å². The molecule has 180 valence electrons. The van der Waals surface area contributed by atoms with Crippen LogP contribution in [0.15, 0.2) is 36.4 Å². The van der Waals surface area contributed by atoms with E-state index < -0.39 is 25.0 Å². The van der Waals surface area contributed by atoms with E-state index in [0.717, 1.165) is 5.56 Å². The van der Waals surface area contributed by atoms with Gasteiger partial charge in [-0.1, -0.05) is 32.0 Å². The van der Waals surface area contributed by atoms with Crippen LogP contribution in [0.2, 0.25) is 0 Å². The third-order valence-corrected chi connectivity index (χ3v) is 5.94. The third kappa shape index (κ3) is 6.15. The summed E-state index contributed by atoms with van der Waals surface area (Å²) in [6, 6.07) is 9.60. The monoisotopic (exact) mass is 467 g/mol. The highest BCUT2D eigenvalue weighted by Crippen LogP contribution is 2.37. The van der Waals surface area contributed by atoms with Crippen LogP contribution in [-0.4, -0.2) is 30.1 Å². The molecule has 1 aromatic carbocycles. The molecule has 1 aromatic heterocycles. The fourth-order valence-electron chi connectivity index (χ4n) is 4.26. The molecular weight excluding hydrogens is 438 g/mol. The smallest absolute Gasteiger partial charge is 0.388 e. The van der Waals surface area contributed by atoms with Crippen molar-refractivity contribution in [3.63, 3.8) is 0 Å². The largest absolute Gasteiger partial charge is 0.415 e. The lowest BCUT2D eigenvalue weighted by molar-refractivity contribution is -0.0523. The summed E-state index contributed by atoms with van der Waals surface area (Å²) < 4.78 is 56.6. The Morgan fingerprint density at radius 2 is 1.73 bits per heavy atom. The van der Waals surface area contributed by atoms with Crippen molar-refractivity contribution < 1.29 is 27.1 Å². The number of ether oxygens (including phenoxy) is 1. The van der Waals surface area contributed by atoms with Crippen LogP contribution in [0.25, 0.3) is 0 Å². The van der Waals surface area contributed by atoms with Crippen molar-refractivity contribution in [2.24, 2.45) is 5.92 Å². The average molecular weight is 468 g/mol. The molecule has 0 radical (unpaired) electrons. The van der Waals surface area contributed by atoms with Gasteiger partial charge in [0.2, 0.25) is 12.3 Å². The molecule has 2 amide bonds. The van der Waals surface area contributed by atoms with Crippen molar-refractivity contribution in [2.45, 2.75) is 71.5 Å². The lowest BCUT2D eigenvalue weighted by atomic mass is 9.85. The van der Waals surface area contributed by atoms with Crippen LogP contribution < -0.4 is 15.0 Å². The van der Waals surface area contributed by atoms with Crippen molar-refractivity contribution in [1.29, 1.82) is 0 Å². The molecule has 0 saturated heterocycles.